The van der Waals surface area contributed by atoms with E-state index in [1.54, 1.807) is 31.5 Å². The third-order valence-corrected chi connectivity index (χ3v) is 5.88. The molecule has 0 unspecified atom stereocenters. The molecule has 0 atom stereocenters. The third-order valence-electron chi connectivity index (χ3n) is 4.95. The van der Waals surface area contributed by atoms with Gasteiger partial charge >= 0.3 is 0 Å². The number of nitrogens with zero attached hydrogens (tertiary/aromatic N) is 2. The summed E-state index contributed by atoms with van der Waals surface area (Å²) in [5.74, 6) is 1.28. The van der Waals surface area contributed by atoms with Crippen LogP contribution in [0.25, 0.3) is 28.6 Å². The number of benzene rings is 2. The Morgan fingerprint density at radius 2 is 1.79 bits per heavy atom. The molecule has 168 valence electrons. The number of methoxy groups -OCH3 is 2. The summed E-state index contributed by atoms with van der Waals surface area (Å²) in [6.45, 7) is 0. The molecule has 0 amide bonds. The number of carbonyl (C=O) groups is 1. The Morgan fingerprint density at radius 3 is 2.42 bits per heavy atom. The van der Waals surface area contributed by atoms with Crippen molar-refractivity contribution in [1.82, 2.24) is 15.0 Å². The highest BCUT2D eigenvalue weighted by Gasteiger charge is 2.16. The van der Waals surface area contributed by atoms with Crippen LogP contribution in [0.3, 0.4) is 0 Å². The van der Waals surface area contributed by atoms with Crippen molar-refractivity contribution in [2.75, 3.05) is 14.2 Å². The molecule has 0 bridgehead atoms. The number of allylic oxidation sites excluding steroid dienone is 1. The first-order valence-electron chi connectivity index (χ1n) is 9.72. The third kappa shape index (κ3) is 4.61. The van der Waals surface area contributed by atoms with Gasteiger partial charge in [0.15, 0.2) is 11.4 Å². The van der Waals surface area contributed by atoms with Crippen LogP contribution in [0, 0.1) is 0 Å². The van der Waals surface area contributed by atoms with Crippen LogP contribution in [0.15, 0.2) is 65.7 Å². The van der Waals surface area contributed by atoms with Crippen molar-refractivity contribution in [3.63, 3.8) is 0 Å². The Hall–Kier alpha value is -4.02. The molecule has 33 heavy (non-hydrogen) atoms. The maximum Gasteiger partial charge on any atom is 0.238 e. The van der Waals surface area contributed by atoms with Gasteiger partial charge < -0.3 is 14.5 Å². The molecule has 0 saturated heterocycles. The van der Waals surface area contributed by atoms with Crippen LogP contribution < -0.4 is 14.6 Å². The Kier molecular flexibility index (Phi) is 5.95. The fourth-order valence-corrected chi connectivity index (χ4v) is 3.80. The number of pyridine rings is 1. The minimum Gasteiger partial charge on any atom is -0.496 e. The number of imidazole rings is 1. The molecule has 2 heterocycles. The molecule has 0 aliphatic heterocycles. The van der Waals surface area contributed by atoms with Crippen LogP contribution >= 0.6 is 0 Å². The van der Waals surface area contributed by atoms with Crippen molar-refractivity contribution in [2.45, 2.75) is 4.90 Å². The van der Waals surface area contributed by atoms with E-state index in [9.17, 15) is 13.2 Å². The van der Waals surface area contributed by atoms with Crippen molar-refractivity contribution in [3.05, 3.63) is 71.9 Å². The largest absolute Gasteiger partial charge is 0.496 e. The van der Waals surface area contributed by atoms with E-state index in [4.69, 9.17) is 14.6 Å². The number of sulfonamides is 1. The molecule has 4 aromatic rings. The monoisotopic (exact) mass is 464 g/mol. The fraction of sp³-hybridized carbons (Fsp3) is 0.0870. The molecule has 0 fully saturated rings. The van der Waals surface area contributed by atoms with Gasteiger partial charge in [-0.2, -0.15) is 0 Å². The number of carbonyl (C=O) groups excluding carboxylic acids is 1. The van der Waals surface area contributed by atoms with Crippen LogP contribution in [0.1, 0.15) is 15.9 Å². The highest BCUT2D eigenvalue weighted by atomic mass is 32.2. The van der Waals surface area contributed by atoms with Crippen LogP contribution in [0.4, 0.5) is 0 Å². The van der Waals surface area contributed by atoms with Crippen molar-refractivity contribution < 1.29 is 22.7 Å². The van der Waals surface area contributed by atoms with E-state index < -0.39 is 10.0 Å². The first-order valence-corrected chi connectivity index (χ1v) is 11.3. The number of rotatable bonds is 7. The molecule has 2 aromatic carbocycles. The molecule has 0 spiro atoms. The van der Waals surface area contributed by atoms with Crippen LogP contribution in [0.5, 0.6) is 11.5 Å². The van der Waals surface area contributed by atoms with Crippen LogP contribution in [-0.4, -0.2) is 43.4 Å². The normalized spacial score (nSPS) is 11.7. The summed E-state index contributed by atoms with van der Waals surface area (Å²) in [5, 5.41) is 5.10. The Balaban J connectivity index is 1.70. The number of nitrogens with two attached hydrogens (primary N) is 1. The molecule has 0 saturated carbocycles. The van der Waals surface area contributed by atoms with Gasteiger partial charge in [-0.25, -0.2) is 23.5 Å². The predicted octanol–water partition coefficient (Wildman–Crippen LogP) is 3.19. The number of hydrogen-bond acceptors (Lipinski definition) is 7. The maximum atomic E-state index is 12.6. The Morgan fingerprint density at radius 1 is 1.06 bits per heavy atom. The minimum absolute atomic E-state index is 0.0650. The molecule has 0 aliphatic carbocycles. The van der Waals surface area contributed by atoms with E-state index >= 15 is 0 Å². The van der Waals surface area contributed by atoms with Gasteiger partial charge in [-0.05, 0) is 54.6 Å². The number of fused-ring (bicyclic) bond motifs is 1. The smallest absolute Gasteiger partial charge is 0.238 e. The molecular weight excluding hydrogens is 444 g/mol. The summed E-state index contributed by atoms with van der Waals surface area (Å²) >= 11 is 0. The van der Waals surface area contributed by atoms with E-state index in [2.05, 4.69) is 15.0 Å². The summed E-state index contributed by atoms with van der Waals surface area (Å²) in [4.78, 5) is 24.5. The molecule has 4 rings (SSSR count). The van der Waals surface area contributed by atoms with Gasteiger partial charge in [-0.15, -0.1) is 0 Å². The second kappa shape index (κ2) is 8.85. The number of primary sulfonamides is 1. The number of ketones is 1. The summed E-state index contributed by atoms with van der Waals surface area (Å²) in [6.07, 6.45) is 4.65. The maximum absolute atomic E-state index is 12.6. The Bertz CT molecular complexity index is 1440. The van der Waals surface area contributed by atoms with E-state index in [0.29, 0.717) is 39.7 Å². The molecule has 2 aromatic heterocycles. The number of aromatic nitrogens is 3. The van der Waals surface area contributed by atoms with Gasteiger partial charge in [-0.3, -0.25) is 4.79 Å². The van der Waals surface area contributed by atoms with Gasteiger partial charge in [-0.1, -0.05) is 0 Å². The topological polar surface area (TPSA) is 137 Å². The molecule has 0 radical (unpaired) electrons. The minimum atomic E-state index is -3.83. The van der Waals surface area contributed by atoms with Crippen molar-refractivity contribution in [3.8, 4) is 22.9 Å². The lowest BCUT2D eigenvalue weighted by Crippen LogP contribution is -2.12. The fourth-order valence-electron chi connectivity index (χ4n) is 3.28. The van der Waals surface area contributed by atoms with Crippen molar-refractivity contribution in [2.24, 2.45) is 5.14 Å². The molecule has 9 nitrogen and oxygen atoms in total. The second-order valence-corrected chi connectivity index (χ2v) is 8.58. The second-order valence-electron chi connectivity index (χ2n) is 7.02. The average molecular weight is 465 g/mol. The lowest BCUT2D eigenvalue weighted by molar-refractivity contribution is 0.104. The lowest BCUT2D eigenvalue weighted by Gasteiger charge is -2.12. The summed E-state index contributed by atoms with van der Waals surface area (Å²) in [6, 6.07) is 12.6. The predicted molar refractivity (Wildman–Crippen MR) is 124 cm³/mol. The summed E-state index contributed by atoms with van der Waals surface area (Å²) < 4.78 is 33.8. The number of hydrogen-bond donors (Lipinski definition) is 2. The zero-order chi connectivity index (χ0) is 23.6. The van der Waals surface area contributed by atoms with Gasteiger partial charge in [0.25, 0.3) is 0 Å². The van der Waals surface area contributed by atoms with Crippen molar-refractivity contribution >= 4 is 33.0 Å². The summed E-state index contributed by atoms with van der Waals surface area (Å²) in [7, 11) is -0.765. The van der Waals surface area contributed by atoms with Gasteiger partial charge in [0.1, 0.15) is 17.3 Å². The number of H-pyrrole nitrogens is 1. The highest BCUT2D eigenvalue weighted by Crippen LogP contribution is 2.36. The molecule has 0 aliphatic rings. The number of nitrogens with one attached hydrogen (secondary N) is 1. The van der Waals surface area contributed by atoms with E-state index in [1.165, 1.54) is 37.5 Å². The SMILES string of the molecule is COc1cc(OC)c(-c2nc3ncccc3[nH]2)cc1/C=C/C(=O)c1ccc(S(N)(=O)=O)cc1. The van der Waals surface area contributed by atoms with Gasteiger partial charge in [0.2, 0.25) is 10.0 Å². The molecule has 10 heteroatoms. The summed E-state index contributed by atoms with van der Waals surface area (Å²) in [5.41, 5.74) is 2.95. The first kappa shape index (κ1) is 22.2. The average Bonchev–Trinajstić information content (AvgIpc) is 3.25. The number of ether oxygens (including phenoxy) is 2. The molecular formula is C23H20N4O5S. The lowest BCUT2D eigenvalue weighted by atomic mass is 10.1. The van der Waals surface area contributed by atoms with E-state index in [0.717, 1.165) is 5.52 Å². The standard InChI is InChI=1S/C23H20N4O5S/c1-31-20-13-21(32-2)17(22-26-18-4-3-11-25-23(18)27-22)12-15(20)7-10-19(28)14-5-8-16(9-6-14)33(24,29)30/h3-13H,1-2H3,(H2,24,29,30)(H,25,26,27)/b10-7+. The van der Waals surface area contributed by atoms with E-state index in [1.807, 2.05) is 12.1 Å². The highest BCUT2D eigenvalue weighted by molar-refractivity contribution is 7.89. The van der Waals surface area contributed by atoms with Crippen molar-refractivity contribution in [1.29, 1.82) is 0 Å². The quantitative estimate of drug-likeness (QED) is 0.316. The van der Waals surface area contributed by atoms with Gasteiger partial charge in [0.05, 0.1) is 30.2 Å². The van der Waals surface area contributed by atoms with Crippen LogP contribution in [-0.2, 0) is 10.0 Å². The zero-order valence-electron chi connectivity index (χ0n) is 17.8. The molecule has 3 N–H and O–H groups in total. The van der Waals surface area contributed by atoms with Gasteiger partial charge in [0, 0.05) is 23.4 Å². The zero-order valence-corrected chi connectivity index (χ0v) is 18.6. The Labute approximate surface area is 190 Å². The van der Waals surface area contributed by atoms with E-state index in [-0.39, 0.29) is 10.7 Å². The number of aromatic amines is 1. The van der Waals surface area contributed by atoms with Crippen LogP contribution in [0.2, 0.25) is 0 Å². The first-order chi connectivity index (χ1) is 15.8.